The summed E-state index contributed by atoms with van der Waals surface area (Å²) in [4.78, 5) is 26.3. The van der Waals surface area contributed by atoms with E-state index < -0.39 is 5.78 Å². The van der Waals surface area contributed by atoms with Crippen molar-refractivity contribution in [2.75, 3.05) is 20.6 Å². The molecule has 2 heterocycles. The second-order valence-electron chi connectivity index (χ2n) is 5.38. The van der Waals surface area contributed by atoms with Crippen molar-refractivity contribution >= 4 is 12.1 Å². The summed E-state index contributed by atoms with van der Waals surface area (Å²) in [6.45, 7) is 5.28. The SMILES string of the molecule is CC=C1/C(=C\C(=O)C=O)N(C)C2N(C)CCC12C. The van der Waals surface area contributed by atoms with E-state index in [2.05, 4.69) is 29.8 Å². The van der Waals surface area contributed by atoms with E-state index >= 15 is 0 Å². The number of aldehydes is 1. The van der Waals surface area contributed by atoms with Crippen molar-refractivity contribution in [3.8, 4) is 0 Å². The molecule has 2 unspecified atom stereocenters. The molecule has 2 aliphatic heterocycles. The quantitative estimate of drug-likeness (QED) is 0.418. The van der Waals surface area contributed by atoms with Crippen LogP contribution in [0.2, 0.25) is 0 Å². The third kappa shape index (κ3) is 1.63. The van der Waals surface area contributed by atoms with Gasteiger partial charge in [0.1, 0.15) is 0 Å². The molecule has 2 rings (SSSR count). The second kappa shape index (κ2) is 4.35. The van der Waals surface area contributed by atoms with Crippen LogP contribution in [0.5, 0.6) is 0 Å². The normalized spacial score (nSPS) is 36.4. The number of allylic oxidation sites excluding steroid dienone is 3. The average Bonchev–Trinajstić information content (AvgIpc) is 2.74. The lowest BCUT2D eigenvalue weighted by Crippen LogP contribution is -2.41. The maximum atomic E-state index is 11.4. The van der Waals surface area contributed by atoms with Crippen molar-refractivity contribution in [1.82, 2.24) is 9.80 Å². The standard InChI is InChI=1S/C14H20N2O2/c1-5-11-12(8-10(18)9-17)16(4)13-14(11,2)6-7-15(13)3/h5,8-9,13H,6-7H2,1-4H3/b11-5?,12-8+. The molecule has 4 heteroatoms. The lowest BCUT2D eigenvalue weighted by atomic mass is 9.80. The number of fused-ring (bicyclic) bond motifs is 1. The van der Waals surface area contributed by atoms with Crippen LogP contribution in [-0.2, 0) is 9.59 Å². The molecule has 4 nitrogen and oxygen atoms in total. The van der Waals surface area contributed by atoms with E-state index in [-0.39, 0.29) is 11.6 Å². The van der Waals surface area contributed by atoms with Gasteiger partial charge in [-0.3, -0.25) is 14.5 Å². The monoisotopic (exact) mass is 248 g/mol. The summed E-state index contributed by atoms with van der Waals surface area (Å²) in [6, 6.07) is 0. The zero-order valence-corrected chi connectivity index (χ0v) is 11.4. The summed E-state index contributed by atoms with van der Waals surface area (Å²) < 4.78 is 0. The molecule has 0 radical (unpaired) electrons. The molecule has 0 amide bonds. The largest absolute Gasteiger partial charge is 0.358 e. The molecule has 0 aromatic carbocycles. The van der Waals surface area contributed by atoms with Crippen LogP contribution in [-0.4, -0.2) is 48.7 Å². The van der Waals surface area contributed by atoms with Crippen molar-refractivity contribution in [2.24, 2.45) is 5.41 Å². The van der Waals surface area contributed by atoms with E-state index in [1.807, 2.05) is 14.0 Å². The van der Waals surface area contributed by atoms with Gasteiger partial charge in [0.25, 0.3) is 0 Å². The topological polar surface area (TPSA) is 40.6 Å². The van der Waals surface area contributed by atoms with Gasteiger partial charge in [-0.05, 0) is 26.0 Å². The predicted octanol–water partition coefficient (Wildman–Crippen LogP) is 1.20. The van der Waals surface area contributed by atoms with Crippen LogP contribution in [0.3, 0.4) is 0 Å². The first-order valence-electron chi connectivity index (χ1n) is 6.26. The van der Waals surface area contributed by atoms with Gasteiger partial charge in [-0.25, -0.2) is 0 Å². The zero-order valence-electron chi connectivity index (χ0n) is 11.4. The molecule has 0 spiro atoms. The van der Waals surface area contributed by atoms with Gasteiger partial charge in [0.15, 0.2) is 6.29 Å². The molecule has 2 aliphatic rings. The van der Waals surface area contributed by atoms with Crippen LogP contribution in [0.4, 0.5) is 0 Å². The highest BCUT2D eigenvalue weighted by Gasteiger charge is 2.53. The number of hydrogen-bond acceptors (Lipinski definition) is 4. The molecule has 98 valence electrons. The molecular weight excluding hydrogens is 228 g/mol. The first kappa shape index (κ1) is 13.0. The van der Waals surface area contributed by atoms with E-state index in [0.717, 1.165) is 18.7 Å². The summed E-state index contributed by atoms with van der Waals surface area (Å²) >= 11 is 0. The minimum atomic E-state index is -0.470. The van der Waals surface area contributed by atoms with Crippen molar-refractivity contribution < 1.29 is 9.59 Å². The molecule has 0 aromatic rings. The molecule has 18 heavy (non-hydrogen) atoms. The maximum absolute atomic E-state index is 11.4. The Hall–Kier alpha value is -1.42. The molecule has 0 aromatic heterocycles. The van der Waals surface area contributed by atoms with Crippen molar-refractivity contribution in [1.29, 1.82) is 0 Å². The fourth-order valence-corrected chi connectivity index (χ4v) is 3.58. The number of carbonyl (C=O) groups is 2. The molecule has 2 atom stereocenters. The Bertz CT molecular complexity index is 453. The van der Waals surface area contributed by atoms with E-state index in [4.69, 9.17) is 0 Å². The van der Waals surface area contributed by atoms with Gasteiger partial charge in [0.05, 0.1) is 6.17 Å². The highest BCUT2D eigenvalue weighted by Crippen LogP contribution is 2.53. The number of ketones is 1. The van der Waals surface area contributed by atoms with E-state index in [9.17, 15) is 9.59 Å². The minimum Gasteiger partial charge on any atom is -0.358 e. The van der Waals surface area contributed by atoms with E-state index in [1.54, 1.807) is 0 Å². The number of likely N-dealkylation sites (tertiary alicyclic amines) is 2. The summed E-state index contributed by atoms with van der Waals surface area (Å²) in [5.74, 6) is -0.470. The number of rotatable bonds is 2. The number of carbonyl (C=O) groups excluding carboxylic acids is 2. The Balaban J connectivity index is 2.49. The Morgan fingerprint density at radius 2 is 2.11 bits per heavy atom. The van der Waals surface area contributed by atoms with Crippen LogP contribution in [0, 0.1) is 5.41 Å². The summed E-state index contributed by atoms with van der Waals surface area (Å²) in [7, 11) is 4.09. The average molecular weight is 248 g/mol. The van der Waals surface area contributed by atoms with Crippen LogP contribution in [0.1, 0.15) is 20.3 Å². The number of likely N-dealkylation sites (N-methyl/N-ethyl adjacent to an activating group) is 1. The van der Waals surface area contributed by atoms with Gasteiger partial charge in [-0.2, -0.15) is 0 Å². The summed E-state index contributed by atoms with van der Waals surface area (Å²) in [5, 5.41) is 0. The molecular formula is C14H20N2O2. The minimum absolute atomic E-state index is 0.0489. The summed E-state index contributed by atoms with van der Waals surface area (Å²) in [5.41, 5.74) is 2.11. The summed E-state index contributed by atoms with van der Waals surface area (Å²) in [6.07, 6.45) is 5.24. The van der Waals surface area contributed by atoms with E-state index in [0.29, 0.717) is 6.29 Å². The Morgan fingerprint density at radius 1 is 1.44 bits per heavy atom. The van der Waals surface area contributed by atoms with Gasteiger partial charge in [0.2, 0.25) is 5.78 Å². The predicted molar refractivity (Wildman–Crippen MR) is 69.8 cm³/mol. The number of hydrogen-bond donors (Lipinski definition) is 0. The van der Waals surface area contributed by atoms with Crippen LogP contribution < -0.4 is 0 Å². The number of nitrogens with zero attached hydrogens (tertiary/aromatic N) is 2. The molecule has 0 N–H and O–H groups in total. The van der Waals surface area contributed by atoms with Gasteiger partial charge in [-0.15, -0.1) is 0 Å². The fourth-order valence-electron chi connectivity index (χ4n) is 3.58. The van der Waals surface area contributed by atoms with Crippen LogP contribution in [0.25, 0.3) is 0 Å². The van der Waals surface area contributed by atoms with E-state index in [1.165, 1.54) is 11.6 Å². The van der Waals surface area contributed by atoms with Crippen molar-refractivity contribution in [2.45, 2.75) is 26.4 Å². The molecule has 2 fully saturated rings. The van der Waals surface area contributed by atoms with Crippen LogP contribution >= 0.6 is 0 Å². The lowest BCUT2D eigenvalue weighted by molar-refractivity contribution is -0.126. The highest BCUT2D eigenvalue weighted by atomic mass is 16.2. The Labute approximate surface area is 108 Å². The van der Waals surface area contributed by atoms with Gasteiger partial charge < -0.3 is 4.90 Å². The lowest BCUT2D eigenvalue weighted by Gasteiger charge is -2.31. The first-order chi connectivity index (χ1) is 8.45. The molecule has 0 saturated carbocycles. The third-order valence-electron chi connectivity index (χ3n) is 4.29. The fraction of sp³-hybridized carbons (Fsp3) is 0.571. The third-order valence-corrected chi connectivity index (χ3v) is 4.29. The molecule has 0 aliphatic carbocycles. The van der Waals surface area contributed by atoms with Crippen molar-refractivity contribution in [3.63, 3.8) is 0 Å². The van der Waals surface area contributed by atoms with Gasteiger partial charge >= 0.3 is 0 Å². The first-order valence-corrected chi connectivity index (χ1v) is 6.26. The maximum Gasteiger partial charge on any atom is 0.220 e. The van der Waals surface area contributed by atoms with Gasteiger partial charge in [-0.1, -0.05) is 13.0 Å². The van der Waals surface area contributed by atoms with Crippen molar-refractivity contribution in [3.05, 3.63) is 23.4 Å². The zero-order chi connectivity index (χ0) is 13.5. The molecule has 2 saturated heterocycles. The highest BCUT2D eigenvalue weighted by molar-refractivity contribution is 6.30. The smallest absolute Gasteiger partial charge is 0.220 e. The second-order valence-corrected chi connectivity index (χ2v) is 5.38. The Morgan fingerprint density at radius 3 is 2.67 bits per heavy atom. The van der Waals surface area contributed by atoms with Crippen LogP contribution in [0.15, 0.2) is 23.4 Å². The Kier molecular flexibility index (Phi) is 3.15. The molecule has 0 bridgehead atoms. The van der Waals surface area contributed by atoms with Gasteiger partial charge in [0, 0.05) is 30.8 Å².